The molecule has 0 aliphatic heterocycles. The van der Waals surface area contributed by atoms with Crippen molar-refractivity contribution in [3.8, 4) is 5.69 Å². The number of rotatable bonds is 3. The second kappa shape index (κ2) is 4.09. The fourth-order valence-electron chi connectivity index (χ4n) is 1.49. The molecule has 0 aromatic carbocycles. The number of carboxylic acids is 1. The Morgan fingerprint density at radius 1 is 1.38 bits per heavy atom. The van der Waals surface area contributed by atoms with Crippen LogP contribution in [0.3, 0.4) is 0 Å². The molecular formula is C10H10N4O2. The molecule has 0 amide bonds. The van der Waals surface area contributed by atoms with E-state index in [1.54, 1.807) is 6.07 Å². The molecule has 82 valence electrons. The van der Waals surface area contributed by atoms with Crippen molar-refractivity contribution in [2.75, 3.05) is 0 Å². The Bertz CT molecular complexity index is 508. The summed E-state index contributed by atoms with van der Waals surface area (Å²) in [7, 11) is 0. The van der Waals surface area contributed by atoms with Gasteiger partial charge in [-0.25, -0.2) is 9.78 Å². The Morgan fingerprint density at radius 2 is 2.06 bits per heavy atom. The van der Waals surface area contributed by atoms with E-state index in [4.69, 9.17) is 5.11 Å². The molecule has 2 rings (SSSR count). The SMILES string of the molecule is CCc1ccnc(C(=O)O)c1-n1nccn1. The highest BCUT2D eigenvalue weighted by atomic mass is 16.4. The average Bonchev–Trinajstić information content (AvgIpc) is 2.81. The van der Waals surface area contributed by atoms with Crippen molar-refractivity contribution in [3.63, 3.8) is 0 Å². The molecule has 2 heterocycles. The first-order chi connectivity index (χ1) is 7.74. The smallest absolute Gasteiger partial charge is 0.356 e. The standard InChI is InChI=1S/C10H10N4O2/c1-2-7-3-4-11-8(10(15)16)9(7)14-12-5-6-13-14/h3-6H,2H2,1H3,(H,15,16). The lowest BCUT2D eigenvalue weighted by Gasteiger charge is -2.08. The number of carbonyl (C=O) groups is 1. The van der Waals surface area contributed by atoms with Crippen molar-refractivity contribution in [1.82, 2.24) is 20.0 Å². The third-order valence-electron chi connectivity index (χ3n) is 2.21. The zero-order valence-corrected chi connectivity index (χ0v) is 8.66. The lowest BCUT2D eigenvalue weighted by molar-refractivity contribution is 0.0690. The normalized spacial score (nSPS) is 10.3. The van der Waals surface area contributed by atoms with Crippen LogP contribution in [-0.4, -0.2) is 31.1 Å². The fraction of sp³-hybridized carbons (Fsp3) is 0.200. The van der Waals surface area contributed by atoms with Crippen LogP contribution in [0.25, 0.3) is 5.69 Å². The molecule has 16 heavy (non-hydrogen) atoms. The number of hydrogen-bond donors (Lipinski definition) is 1. The highest BCUT2D eigenvalue weighted by Crippen LogP contribution is 2.16. The van der Waals surface area contributed by atoms with Crippen LogP contribution in [0.1, 0.15) is 23.0 Å². The molecule has 0 radical (unpaired) electrons. The van der Waals surface area contributed by atoms with Crippen LogP contribution in [0, 0.1) is 0 Å². The summed E-state index contributed by atoms with van der Waals surface area (Å²) in [5, 5.41) is 16.9. The van der Waals surface area contributed by atoms with Crippen LogP contribution in [0.4, 0.5) is 0 Å². The molecule has 0 atom stereocenters. The monoisotopic (exact) mass is 218 g/mol. The highest BCUT2D eigenvalue weighted by Gasteiger charge is 2.17. The fourth-order valence-corrected chi connectivity index (χ4v) is 1.49. The third-order valence-corrected chi connectivity index (χ3v) is 2.21. The van der Waals surface area contributed by atoms with Crippen molar-refractivity contribution < 1.29 is 9.90 Å². The maximum absolute atomic E-state index is 11.1. The molecule has 0 saturated heterocycles. The molecule has 0 bridgehead atoms. The van der Waals surface area contributed by atoms with E-state index in [0.29, 0.717) is 12.1 Å². The van der Waals surface area contributed by atoms with Crippen LogP contribution in [0.15, 0.2) is 24.7 Å². The summed E-state index contributed by atoms with van der Waals surface area (Å²) >= 11 is 0. The summed E-state index contributed by atoms with van der Waals surface area (Å²) in [6.45, 7) is 1.94. The second-order valence-corrected chi connectivity index (χ2v) is 3.14. The van der Waals surface area contributed by atoms with Gasteiger partial charge in [-0.3, -0.25) is 0 Å². The van der Waals surface area contributed by atoms with Crippen LogP contribution < -0.4 is 0 Å². The lowest BCUT2D eigenvalue weighted by Crippen LogP contribution is -2.12. The van der Waals surface area contributed by atoms with Gasteiger partial charge in [0.1, 0.15) is 5.69 Å². The maximum atomic E-state index is 11.1. The van der Waals surface area contributed by atoms with Gasteiger partial charge < -0.3 is 5.11 Å². The predicted octanol–water partition coefficient (Wildman–Crippen LogP) is 0.923. The Labute approximate surface area is 91.6 Å². The van der Waals surface area contributed by atoms with Gasteiger partial charge in [-0.05, 0) is 18.1 Å². The molecule has 0 saturated carbocycles. The molecule has 2 aromatic heterocycles. The first kappa shape index (κ1) is 10.3. The summed E-state index contributed by atoms with van der Waals surface area (Å²) < 4.78 is 0. The van der Waals surface area contributed by atoms with Gasteiger partial charge in [0.2, 0.25) is 0 Å². The number of carboxylic acid groups (broad SMARTS) is 1. The van der Waals surface area contributed by atoms with E-state index in [1.807, 2.05) is 6.92 Å². The van der Waals surface area contributed by atoms with Gasteiger partial charge in [-0.1, -0.05) is 6.92 Å². The lowest BCUT2D eigenvalue weighted by atomic mass is 10.1. The zero-order chi connectivity index (χ0) is 11.5. The summed E-state index contributed by atoms with van der Waals surface area (Å²) in [6.07, 6.45) is 5.17. The quantitative estimate of drug-likeness (QED) is 0.828. The van der Waals surface area contributed by atoms with E-state index in [2.05, 4.69) is 15.2 Å². The minimum atomic E-state index is -1.08. The highest BCUT2D eigenvalue weighted by molar-refractivity contribution is 5.90. The van der Waals surface area contributed by atoms with Crippen LogP contribution in [-0.2, 0) is 6.42 Å². The molecular weight excluding hydrogens is 208 g/mol. The van der Waals surface area contributed by atoms with Crippen LogP contribution >= 0.6 is 0 Å². The molecule has 2 aromatic rings. The van der Waals surface area contributed by atoms with Gasteiger partial charge in [0.15, 0.2) is 5.69 Å². The van der Waals surface area contributed by atoms with Crippen molar-refractivity contribution in [1.29, 1.82) is 0 Å². The number of aryl methyl sites for hydroxylation is 1. The van der Waals surface area contributed by atoms with Gasteiger partial charge in [0.05, 0.1) is 12.4 Å². The molecule has 6 nitrogen and oxygen atoms in total. The van der Waals surface area contributed by atoms with Gasteiger partial charge in [0, 0.05) is 6.20 Å². The minimum Gasteiger partial charge on any atom is -0.476 e. The summed E-state index contributed by atoms with van der Waals surface area (Å²) in [5.74, 6) is -1.08. The Hall–Kier alpha value is -2.24. The average molecular weight is 218 g/mol. The molecule has 6 heteroatoms. The summed E-state index contributed by atoms with van der Waals surface area (Å²) in [4.78, 5) is 16.2. The molecule has 0 fully saturated rings. The van der Waals surface area contributed by atoms with Crippen LogP contribution in [0.5, 0.6) is 0 Å². The molecule has 0 aliphatic carbocycles. The first-order valence-corrected chi connectivity index (χ1v) is 4.82. The van der Waals surface area contributed by atoms with Crippen molar-refractivity contribution in [3.05, 3.63) is 35.9 Å². The first-order valence-electron chi connectivity index (χ1n) is 4.82. The van der Waals surface area contributed by atoms with Crippen molar-refractivity contribution >= 4 is 5.97 Å². The predicted molar refractivity (Wildman–Crippen MR) is 55.5 cm³/mol. The Kier molecular flexibility index (Phi) is 2.63. The van der Waals surface area contributed by atoms with Crippen molar-refractivity contribution in [2.24, 2.45) is 0 Å². The number of pyridine rings is 1. The molecule has 0 spiro atoms. The number of nitrogens with zero attached hydrogens (tertiary/aromatic N) is 4. The largest absolute Gasteiger partial charge is 0.476 e. The zero-order valence-electron chi connectivity index (χ0n) is 8.66. The number of hydrogen-bond acceptors (Lipinski definition) is 4. The second-order valence-electron chi connectivity index (χ2n) is 3.14. The van der Waals surface area contributed by atoms with E-state index in [1.165, 1.54) is 23.4 Å². The summed E-state index contributed by atoms with van der Waals surface area (Å²) in [6, 6.07) is 1.77. The van der Waals surface area contributed by atoms with Gasteiger partial charge in [-0.2, -0.15) is 10.2 Å². The minimum absolute atomic E-state index is 0.0319. The van der Waals surface area contributed by atoms with Crippen LogP contribution in [0.2, 0.25) is 0 Å². The van der Waals surface area contributed by atoms with Gasteiger partial charge in [0.25, 0.3) is 0 Å². The molecule has 0 unspecified atom stereocenters. The third kappa shape index (κ3) is 1.65. The van der Waals surface area contributed by atoms with E-state index in [9.17, 15) is 4.79 Å². The van der Waals surface area contributed by atoms with Crippen molar-refractivity contribution in [2.45, 2.75) is 13.3 Å². The Morgan fingerprint density at radius 3 is 2.62 bits per heavy atom. The van der Waals surface area contributed by atoms with E-state index in [0.717, 1.165) is 5.56 Å². The number of aromatic carboxylic acids is 1. The van der Waals surface area contributed by atoms with Gasteiger partial charge >= 0.3 is 5.97 Å². The van der Waals surface area contributed by atoms with Gasteiger partial charge in [-0.15, -0.1) is 4.80 Å². The van der Waals surface area contributed by atoms with E-state index in [-0.39, 0.29) is 5.69 Å². The molecule has 1 N–H and O–H groups in total. The summed E-state index contributed by atoms with van der Waals surface area (Å²) in [5.41, 5.74) is 1.25. The van der Waals surface area contributed by atoms with E-state index < -0.39 is 5.97 Å². The molecule has 0 aliphatic rings. The topological polar surface area (TPSA) is 80.9 Å². The van der Waals surface area contributed by atoms with E-state index >= 15 is 0 Å². The Balaban J connectivity index is 2.68. The maximum Gasteiger partial charge on any atom is 0.356 e. The number of aromatic nitrogens is 4.